The van der Waals surface area contributed by atoms with Gasteiger partial charge in [-0.05, 0) is 62.7 Å². The van der Waals surface area contributed by atoms with Crippen LogP contribution in [0.25, 0.3) is 0 Å². The summed E-state index contributed by atoms with van der Waals surface area (Å²) in [5, 5.41) is 33.4. The number of oxime groups is 1. The fourth-order valence-electron chi connectivity index (χ4n) is 9.09. The number of benzene rings is 1. The van der Waals surface area contributed by atoms with Crippen LogP contribution in [0.15, 0.2) is 62.8 Å². The van der Waals surface area contributed by atoms with Crippen LogP contribution in [0.3, 0.4) is 0 Å². The van der Waals surface area contributed by atoms with Crippen LogP contribution in [0, 0.1) is 28.6 Å². The van der Waals surface area contributed by atoms with E-state index in [1.165, 1.54) is 5.57 Å². The lowest BCUT2D eigenvalue weighted by Crippen LogP contribution is -2.63. The van der Waals surface area contributed by atoms with Gasteiger partial charge in [-0.1, -0.05) is 64.8 Å². The number of halogens is 1. The van der Waals surface area contributed by atoms with E-state index in [4.69, 9.17) is 19.4 Å². The molecule has 6 rings (SSSR count). The molecular weight excluding hydrogens is 586 g/mol. The molecule has 0 radical (unpaired) electrons. The number of hydrogen-bond acceptors (Lipinski definition) is 8. The van der Waals surface area contributed by atoms with Crippen LogP contribution in [0.4, 0.5) is 0 Å². The molecule has 0 amide bonds. The second-order valence-electron chi connectivity index (χ2n) is 13.0. The molecule has 9 atom stereocenters. The van der Waals surface area contributed by atoms with E-state index in [1.807, 2.05) is 51.4 Å². The Labute approximate surface area is 251 Å². The maximum atomic E-state index is 12.0. The van der Waals surface area contributed by atoms with E-state index in [1.54, 1.807) is 5.01 Å². The minimum absolute atomic E-state index is 0.0660. The van der Waals surface area contributed by atoms with Gasteiger partial charge in [-0.25, -0.2) is 0 Å². The number of hydrazone groups is 1. The largest absolute Gasteiger partial charge is 0.393 e. The van der Waals surface area contributed by atoms with Crippen molar-refractivity contribution in [1.29, 1.82) is 0 Å². The molecule has 1 aromatic rings. The van der Waals surface area contributed by atoms with Gasteiger partial charge in [0.1, 0.15) is 17.9 Å². The molecule has 222 valence electrons. The molecule has 5 aliphatic rings. The van der Waals surface area contributed by atoms with Gasteiger partial charge in [0.05, 0.1) is 24.5 Å². The lowest BCUT2D eigenvalue weighted by atomic mass is 9.46. The van der Waals surface area contributed by atoms with E-state index >= 15 is 0 Å². The molecule has 3 saturated carbocycles. The summed E-state index contributed by atoms with van der Waals surface area (Å²) >= 11 is 3.57. The van der Waals surface area contributed by atoms with E-state index in [0.717, 1.165) is 35.0 Å². The van der Waals surface area contributed by atoms with Gasteiger partial charge < -0.3 is 29.5 Å². The Morgan fingerprint density at radius 1 is 1.24 bits per heavy atom. The first kappa shape index (κ1) is 29.1. The predicted octanol–water partition coefficient (Wildman–Crippen LogP) is 5.05. The molecular formula is C32H42BrN3O5. The number of ether oxygens (including phenoxy) is 2. The number of rotatable bonds is 6. The Kier molecular flexibility index (Phi) is 7.51. The number of allylic oxidation sites excluding steroid dienone is 4. The molecule has 2 N–H and O–H groups in total. The monoisotopic (exact) mass is 627 g/mol. The number of nitrogens with zero attached hydrogens (tertiary/aromatic N) is 3. The van der Waals surface area contributed by atoms with E-state index in [-0.39, 0.29) is 35.9 Å². The number of fused-ring (bicyclic) bond motifs is 7. The molecule has 1 aromatic carbocycles. The third kappa shape index (κ3) is 4.46. The highest BCUT2D eigenvalue weighted by Gasteiger charge is 2.74. The highest BCUT2D eigenvalue weighted by Crippen LogP contribution is 2.69. The summed E-state index contributed by atoms with van der Waals surface area (Å²) in [5.74, 6) is 0.614. The van der Waals surface area contributed by atoms with Crippen molar-refractivity contribution in [3.8, 4) is 0 Å². The Morgan fingerprint density at radius 3 is 2.76 bits per heavy atom. The van der Waals surface area contributed by atoms with Gasteiger partial charge in [0.15, 0.2) is 6.29 Å². The SMILES string of the molecule is CC1O[C@@H]2C[C@H]3[C@@H]4CCC5=C/C(=N/OCc6ccccc6Br)C=C[C@]5(C)[C@H]4[C@@H](O)C[C@]3(C)[C@]2(/C(CO)=N\N(C)C)O1. The van der Waals surface area contributed by atoms with Crippen molar-refractivity contribution in [2.75, 3.05) is 20.7 Å². The fourth-order valence-corrected chi connectivity index (χ4v) is 9.49. The van der Waals surface area contributed by atoms with Gasteiger partial charge in [0, 0.05) is 40.9 Å². The fraction of sp³-hybridized carbons (Fsp3) is 0.625. The molecule has 4 fully saturated rings. The number of hydrogen-bond donors (Lipinski definition) is 2. The van der Waals surface area contributed by atoms with Crippen molar-refractivity contribution in [1.82, 2.24) is 5.01 Å². The Morgan fingerprint density at radius 2 is 2.02 bits per heavy atom. The zero-order valence-electron chi connectivity index (χ0n) is 24.6. The molecule has 9 heteroatoms. The van der Waals surface area contributed by atoms with Gasteiger partial charge in [0.2, 0.25) is 0 Å². The van der Waals surface area contributed by atoms with Crippen LogP contribution in [-0.4, -0.2) is 71.4 Å². The van der Waals surface area contributed by atoms with Gasteiger partial charge in [0.25, 0.3) is 0 Å². The first-order valence-electron chi connectivity index (χ1n) is 14.7. The lowest BCUT2D eigenvalue weighted by Gasteiger charge is -2.60. The highest BCUT2D eigenvalue weighted by molar-refractivity contribution is 9.10. The molecule has 0 spiro atoms. The van der Waals surface area contributed by atoms with Crippen molar-refractivity contribution in [3.63, 3.8) is 0 Å². The van der Waals surface area contributed by atoms with Gasteiger partial charge in [-0.3, -0.25) is 0 Å². The van der Waals surface area contributed by atoms with Crippen LogP contribution in [-0.2, 0) is 20.9 Å². The predicted molar refractivity (Wildman–Crippen MR) is 161 cm³/mol. The molecule has 1 heterocycles. The summed E-state index contributed by atoms with van der Waals surface area (Å²) in [4.78, 5) is 5.72. The number of aliphatic hydroxyl groups is 2. The van der Waals surface area contributed by atoms with E-state index in [2.05, 4.69) is 47.1 Å². The third-order valence-electron chi connectivity index (χ3n) is 10.6. The molecule has 0 aromatic heterocycles. The van der Waals surface area contributed by atoms with E-state index in [9.17, 15) is 10.2 Å². The average Bonchev–Trinajstić information content (AvgIpc) is 3.38. The maximum absolute atomic E-state index is 12.0. The van der Waals surface area contributed by atoms with Crippen molar-refractivity contribution < 1.29 is 24.5 Å². The van der Waals surface area contributed by atoms with Gasteiger partial charge in [-0.15, -0.1) is 0 Å². The summed E-state index contributed by atoms with van der Waals surface area (Å²) in [7, 11) is 3.71. The molecule has 41 heavy (non-hydrogen) atoms. The molecule has 1 aliphatic heterocycles. The van der Waals surface area contributed by atoms with Crippen LogP contribution < -0.4 is 0 Å². The molecule has 1 unspecified atom stereocenters. The quantitative estimate of drug-likeness (QED) is 0.338. The lowest BCUT2D eigenvalue weighted by molar-refractivity contribution is -0.171. The molecule has 8 nitrogen and oxygen atoms in total. The third-order valence-corrected chi connectivity index (χ3v) is 11.4. The first-order valence-corrected chi connectivity index (χ1v) is 15.5. The zero-order valence-corrected chi connectivity index (χ0v) is 26.2. The minimum atomic E-state index is -0.869. The highest BCUT2D eigenvalue weighted by atomic mass is 79.9. The Balaban J connectivity index is 1.28. The standard InChI is InChI=1S/C32H42BrN3O5/c1-19-40-28-15-24-23-11-10-21-14-22(35-39-18-20-8-6-7-9-25(20)33)12-13-30(21,2)29(23)26(38)16-31(24,3)32(28,41-19)27(17-37)34-36(4)5/h6-9,12-14,19,23-24,26,28-29,37-38H,10-11,15-18H2,1-5H3/b34-27-,35-22+/t19?,23-,24-,26-,28+,29+,30-,31-,32+/m0/s1. The smallest absolute Gasteiger partial charge is 0.156 e. The van der Waals surface area contributed by atoms with Crippen molar-refractivity contribution in [2.45, 2.75) is 77.2 Å². The van der Waals surface area contributed by atoms with E-state index < -0.39 is 23.4 Å². The average molecular weight is 629 g/mol. The van der Waals surface area contributed by atoms with Crippen LogP contribution in [0.1, 0.15) is 52.0 Å². The topological polar surface area (TPSA) is 96.1 Å². The summed E-state index contributed by atoms with van der Waals surface area (Å²) in [6.45, 7) is 6.59. The zero-order chi connectivity index (χ0) is 29.2. The van der Waals surface area contributed by atoms with Gasteiger partial charge >= 0.3 is 0 Å². The second-order valence-corrected chi connectivity index (χ2v) is 13.9. The van der Waals surface area contributed by atoms with Crippen molar-refractivity contribution in [2.24, 2.45) is 38.8 Å². The van der Waals surface area contributed by atoms with E-state index in [0.29, 0.717) is 18.7 Å². The molecule has 4 aliphatic carbocycles. The summed E-state index contributed by atoms with van der Waals surface area (Å²) in [6, 6.07) is 7.98. The van der Waals surface area contributed by atoms with Crippen LogP contribution in [0.5, 0.6) is 0 Å². The molecule has 0 bridgehead atoms. The van der Waals surface area contributed by atoms with Crippen LogP contribution >= 0.6 is 15.9 Å². The van der Waals surface area contributed by atoms with Crippen molar-refractivity contribution in [3.05, 3.63) is 58.1 Å². The summed E-state index contributed by atoms with van der Waals surface area (Å²) < 4.78 is 14.0. The second kappa shape index (κ2) is 10.6. The maximum Gasteiger partial charge on any atom is 0.156 e. The normalized spacial score (nSPS) is 42.3. The number of aliphatic hydroxyl groups excluding tert-OH is 2. The minimum Gasteiger partial charge on any atom is -0.393 e. The van der Waals surface area contributed by atoms with Crippen molar-refractivity contribution >= 4 is 27.4 Å². The molecule has 1 saturated heterocycles. The Hall–Kier alpha value is -2.04. The first-order chi connectivity index (χ1) is 19.5. The van der Waals surface area contributed by atoms with Gasteiger partial charge in [-0.2, -0.15) is 5.10 Å². The Bertz CT molecular complexity index is 1310. The van der Waals surface area contributed by atoms with Crippen LogP contribution in [0.2, 0.25) is 0 Å². The summed E-state index contributed by atoms with van der Waals surface area (Å²) in [5.41, 5.74) is 2.17. The summed E-state index contributed by atoms with van der Waals surface area (Å²) in [6.07, 6.45) is 8.57.